The first-order chi connectivity index (χ1) is 11.8. The summed E-state index contributed by atoms with van der Waals surface area (Å²) in [6, 6.07) is 6.35. The van der Waals surface area contributed by atoms with Gasteiger partial charge in [0.25, 0.3) is 5.91 Å². The van der Waals surface area contributed by atoms with Crippen molar-refractivity contribution in [1.29, 1.82) is 0 Å². The molecule has 1 saturated carbocycles. The topological polar surface area (TPSA) is 46.9 Å². The molecular weight excluding hydrogens is 317 g/mol. The van der Waals surface area contributed by atoms with Crippen molar-refractivity contribution in [2.75, 3.05) is 0 Å². The van der Waals surface area contributed by atoms with Crippen molar-refractivity contribution in [2.45, 2.75) is 63.8 Å². The molecule has 0 atom stereocenters. The molecule has 2 aromatic rings. The van der Waals surface area contributed by atoms with E-state index < -0.39 is 0 Å². The number of rotatable bonds is 2. The standard InChI is InChI=1S/C20H24FN3O/c1-20(2,3)22-19(25)17-16-12-4-6-13(7-5-12)18(16)24(23-17)15-10-8-14(21)9-11-15/h8-13H,4-7H2,1-3H3,(H,22,25). The summed E-state index contributed by atoms with van der Waals surface area (Å²) in [7, 11) is 0. The molecule has 132 valence electrons. The molecule has 0 aliphatic heterocycles. The molecule has 1 N–H and O–H groups in total. The summed E-state index contributed by atoms with van der Waals surface area (Å²) < 4.78 is 15.2. The van der Waals surface area contributed by atoms with Crippen molar-refractivity contribution in [3.05, 3.63) is 47.0 Å². The van der Waals surface area contributed by atoms with Crippen molar-refractivity contribution < 1.29 is 9.18 Å². The van der Waals surface area contributed by atoms with Crippen LogP contribution in [0.3, 0.4) is 0 Å². The summed E-state index contributed by atoms with van der Waals surface area (Å²) >= 11 is 0. The van der Waals surface area contributed by atoms with Gasteiger partial charge in [0.15, 0.2) is 5.69 Å². The van der Waals surface area contributed by atoms with Crippen molar-refractivity contribution in [1.82, 2.24) is 15.1 Å². The Balaban J connectivity index is 1.85. The monoisotopic (exact) mass is 341 g/mol. The average Bonchev–Trinajstić information content (AvgIpc) is 2.98. The number of halogens is 1. The van der Waals surface area contributed by atoms with Gasteiger partial charge < -0.3 is 5.32 Å². The molecule has 1 aromatic heterocycles. The minimum atomic E-state index is -0.308. The predicted molar refractivity (Wildman–Crippen MR) is 94.7 cm³/mol. The largest absolute Gasteiger partial charge is 0.346 e. The molecule has 5 heteroatoms. The third-order valence-electron chi connectivity index (χ3n) is 5.26. The van der Waals surface area contributed by atoms with Crippen LogP contribution in [0.1, 0.15) is 80.0 Å². The summed E-state index contributed by atoms with van der Waals surface area (Å²) in [5.74, 6) is 0.470. The summed E-state index contributed by atoms with van der Waals surface area (Å²) in [4.78, 5) is 12.9. The third kappa shape index (κ3) is 2.86. The molecule has 1 heterocycles. The Morgan fingerprint density at radius 1 is 1.12 bits per heavy atom. The van der Waals surface area contributed by atoms with Gasteiger partial charge in [0.2, 0.25) is 0 Å². The van der Waals surface area contributed by atoms with E-state index in [9.17, 15) is 9.18 Å². The van der Waals surface area contributed by atoms with E-state index in [1.54, 1.807) is 12.1 Å². The Morgan fingerprint density at radius 3 is 2.32 bits per heavy atom. The number of hydrogen-bond donors (Lipinski definition) is 1. The Labute approximate surface area is 147 Å². The molecule has 1 fully saturated rings. The van der Waals surface area contributed by atoms with Gasteiger partial charge in [-0.2, -0.15) is 5.10 Å². The molecule has 3 aliphatic rings. The fourth-order valence-corrected chi connectivity index (χ4v) is 4.24. The Hall–Kier alpha value is -2.17. The number of carbonyl (C=O) groups is 1. The number of benzene rings is 1. The van der Waals surface area contributed by atoms with Crippen LogP contribution in [0.15, 0.2) is 24.3 Å². The summed E-state index contributed by atoms with van der Waals surface area (Å²) in [5, 5.41) is 7.74. The summed E-state index contributed by atoms with van der Waals surface area (Å²) in [6.07, 6.45) is 4.54. The lowest BCUT2D eigenvalue weighted by Gasteiger charge is -2.36. The minimum Gasteiger partial charge on any atom is -0.346 e. The van der Waals surface area contributed by atoms with Gasteiger partial charge in [-0.05, 0) is 76.6 Å². The van der Waals surface area contributed by atoms with Gasteiger partial charge in [0.05, 0.1) is 11.4 Å². The van der Waals surface area contributed by atoms with Crippen LogP contribution in [-0.4, -0.2) is 21.2 Å². The number of hydrogen-bond acceptors (Lipinski definition) is 2. The van der Waals surface area contributed by atoms with Crippen molar-refractivity contribution in [2.24, 2.45) is 0 Å². The fourth-order valence-electron chi connectivity index (χ4n) is 4.24. The molecule has 0 spiro atoms. The first-order valence-electron chi connectivity index (χ1n) is 9.05. The molecule has 1 aromatic carbocycles. The van der Waals surface area contributed by atoms with Crippen LogP contribution < -0.4 is 5.32 Å². The van der Waals surface area contributed by atoms with Crippen LogP contribution >= 0.6 is 0 Å². The zero-order valence-corrected chi connectivity index (χ0v) is 15.0. The van der Waals surface area contributed by atoms with Gasteiger partial charge >= 0.3 is 0 Å². The quantitative estimate of drug-likeness (QED) is 0.885. The highest BCUT2D eigenvalue weighted by molar-refractivity contribution is 5.95. The van der Waals surface area contributed by atoms with Crippen LogP contribution in [0.5, 0.6) is 0 Å². The highest BCUT2D eigenvalue weighted by Crippen LogP contribution is 2.51. The maximum absolute atomic E-state index is 13.3. The van der Waals surface area contributed by atoms with Crippen molar-refractivity contribution >= 4 is 5.91 Å². The van der Waals surface area contributed by atoms with Gasteiger partial charge in [0.1, 0.15) is 5.82 Å². The van der Waals surface area contributed by atoms with E-state index in [1.165, 1.54) is 12.1 Å². The Kier molecular flexibility index (Phi) is 3.71. The van der Waals surface area contributed by atoms with Gasteiger partial charge in [0, 0.05) is 17.0 Å². The van der Waals surface area contributed by atoms with Gasteiger partial charge in [-0.3, -0.25) is 4.79 Å². The Morgan fingerprint density at radius 2 is 1.72 bits per heavy atom. The van der Waals surface area contributed by atoms with Crippen LogP contribution in [0.2, 0.25) is 0 Å². The number of carbonyl (C=O) groups excluding carboxylic acids is 1. The molecule has 0 unspecified atom stereocenters. The van der Waals surface area contributed by atoms with Crippen LogP contribution in [-0.2, 0) is 0 Å². The maximum Gasteiger partial charge on any atom is 0.272 e. The van der Waals surface area contributed by atoms with Crippen LogP contribution in [0.25, 0.3) is 5.69 Å². The van der Waals surface area contributed by atoms with Crippen LogP contribution in [0.4, 0.5) is 4.39 Å². The highest BCUT2D eigenvalue weighted by atomic mass is 19.1. The second kappa shape index (κ2) is 5.68. The lowest BCUT2D eigenvalue weighted by Crippen LogP contribution is -2.41. The van der Waals surface area contributed by atoms with E-state index >= 15 is 0 Å². The number of nitrogens with one attached hydrogen (secondary N) is 1. The van der Waals surface area contributed by atoms with Crippen molar-refractivity contribution in [3.8, 4) is 5.69 Å². The maximum atomic E-state index is 13.3. The molecule has 2 bridgehead atoms. The number of amides is 1. The molecule has 4 nitrogen and oxygen atoms in total. The van der Waals surface area contributed by atoms with Gasteiger partial charge in [-0.1, -0.05) is 0 Å². The third-order valence-corrected chi connectivity index (χ3v) is 5.26. The van der Waals surface area contributed by atoms with E-state index in [2.05, 4.69) is 5.32 Å². The first kappa shape index (κ1) is 16.3. The zero-order valence-electron chi connectivity index (χ0n) is 15.0. The second-order valence-electron chi connectivity index (χ2n) is 8.29. The average molecular weight is 341 g/mol. The molecule has 3 aliphatic carbocycles. The molecule has 5 rings (SSSR count). The highest BCUT2D eigenvalue weighted by Gasteiger charge is 2.40. The van der Waals surface area contributed by atoms with Crippen LogP contribution in [0, 0.1) is 5.82 Å². The van der Waals surface area contributed by atoms with E-state index in [4.69, 9.17) is 5.10 Å². The van der Waals surface area contributed by atoms with E-state index in [-0.39, 0.29) is 17.3 Å². The molecule has 1 amide bonds. The molecule has 0 saturated heterocycles. The summed E-state index contributed by atoms with van der Waals surface area (Å²) in [6.45, 7) is 5.92. The minimum absolute atomic E-state index is 0.114. The molecule has 25 heavy (non-hydrogen) atoms. The fraction of sp³-hybridized carbons (Fsp3) is 0.500. The lowest BCUT2D eigenvalue weighted by atomic mass is 9.69. The first-order valence-corrected chi connectivity index (χ1v) is 9.05. The normalized spacial score (nSPS) is 21.9. The zero-order chi connectivity index (χ0) is 17.8. The lowest BCUT2D eigenvalue weighted by molar-refractivity contribution is 0.0912. The van der Waals surface area contributed by atoms with E-state index in [0.29, 0.717) is 17.5 Å². The van der Waals surface area contributed by atoms with Gasteiger partial charge in [-0.25, -0.2) is 9.07 Å². The van der Waals surface area contributed by atoms with E-state index in [1.807, 2.05) is 25.5 Å². The predicted octanol–water partition coefficient (Wildman–Crippen LogP) is 4.29. The number of nitrogens with zero attached hydrogens (tertiary/aromatic N) is 2. The Bertz CT molecular complexity index is 809. The smallest absolute Gasteiger partial charge is 0.272 e. The second-order valence-corrected chi connectivity index (χ2v) is 8.29. The number of aromatic nitrogens is 2. The molecular formula is C20H24FN3O. The molecule has 0 radical (unpaired) electrons. The van der Waals surface area contributed by atoms with Gasteiger partial charge in [-0.15, -0.1) is 0 Å². The van der Waals surface area contributed by atoms with E-state index in [0.717, 1.165) is 42.6 Å². The number of fused-ring (bicyclic) bond motifs is 2. The van der Waals surface area contributed by atoms with Crippen molar-refractivity contribution in [3.63, 3.8) is 0 Å². The summed E-state index contributed by atoms with van der Waals surface area (Å²) in [5.41, 5.74) is 3.34. The SMILES string of the molecule is CC(C)(C)NC(=O)c1nn(-c2ccc(F)cc2)c2c1C1CCC2CC1.